The summed E-state index contributed by atoms with van der Waals surface area (Å²) in [6.45, 7) is 2.98. The second-order valence-corrected chi connectivity index (χ2v) is 6.60. The number of aromatic hydroxyl groups is 1. The number of hydrogen-bond donors (Lipinski definition) is 1. The van der Waals surface area contributed by atoms with E-state index in [-0.39, 0.29) is 11.5 Å². The second-order valence-electron chi connectivity index (χ2n) is 6.60. The van der Waals surface area contributed by atoms with E-state index < -0.39 is 5.43 Å². The lowest BCUT2D eigenvalue weighted by molar-refractivity contribution is 0.449. The lowest BCUT2D eigenvalue weighted by Gasteiger charge is -2.07. The number of hydrogen-bond acceptors (Lipinski definition) is 3. The van der Waals surface area contributed by atoms with Crippen molar-refractivity contribution < 1.29 is 9.52 Å². The predicted molar refractivity (Wildman–Crippen MR) is 108 cm³/mol. The molecule has 0 unspecified atom stereocenters. The predicted octanol–water partition coefficient (Wildman–Crippen LogP) is 5.29. The highest BCUT2D eigenvalue weighted by molar-refractivity contribution is 6.09. The van der Waals surface area contributed by atoms with Crippen molar-refractivity contribution in [2.75, 3.05) is 0 Å². The molecule has 5 aromatic rings. The highest BCUT2D eigenvalue weighted by Gasteiger charge is 2.17. The van der Waals surface area contributed by atoms with E-state index in [0.29, 0.717) is 16.5 Å². The average Bonchev–Trinajstić information content (AvgIpc) is 3.03. The summed E-state index contributed by atoms with van der Waals surface area (Å²) in [6.07, 6.45) is 0. The second kappa shape index (κ2) is 5.74. The molecule has 5 rings (SSSR count). The molecule has 2 aromatic heterocycles. The minimum atomic E-state index is -0.414. The van der Waals surface area contributed by atoms with Gasteiger partial charge < -0.3 is 14.1 Å². The van der Waals surface area contributed by atoms with E-state index in [2.05, 4.69) is 23.6 Å². The molecule has 0 spiro atoms. The van der Waals surface area contributed by atoms with Crippen LogP contribution in [0.2, 0.25) is 0 Å². The molecule has 0 saturated heterocycles. The van der Waals surface area contributed by atoms with Crippen LogP contribution in [0.1, 0.15) is 6.92 Å². The van der Waals surface area contributed by atoms with E-state index in [4.69, 9.17) is 4.42 Å². The summed E-state index contributed by atoms with van der Waals surface area (Å²) in [5.41, 5.74) is 3.01. The zero-order valence-corrected chi connectivity index (χ0v) is 14.8. The Morgan fingerprint density at radius 3 is 2.41 bits per heavy atom. The van der Waals surface area contributed by atoms with Crippen LogP contribution in [0.25, 0.3) is 44.1 Å². The molecule has 0 atom stereocenters. The quantitative estimate of drug-likeness (QED) is 0.468. The monoisotopic (exact) mass is 355 g/mol. The Balaban J connectivity index is 1.84. The van der Waals surface area contributed by atoms with Crippen molar-refractivity contribution in [2.24, 2.45) is 0 Å². The minimum Gasteiger partial charge on any atom is -0.502 e. The summed E-state index contributed by atoms with van der Waals surface area (Å²) in [5.74, 6) is -0.152. The Bertz CT molecular complexity index is 1390. The molecule has 132 valence electrons. The number of para-hydroxylation sites is 2. The standard InChI is InChI=1S/C23H17NO3/c1-2-24-18-9-5-3-7-15(18)17-13-14(11-12-19(17)24)23-22(26)21(25)16-8-4-6-10-20(16)27-23/h3-13,26H,2H2,1H3. The van der Waals surface area contributed by atoms with E-state index in [0.717, 1.165) is 28.4 Å². The van der Waals surface area contributed by atoms with Crippen molar-refractivity contribution >= 4 is 32.8 Å². The maximum absolute atomic E-state index is 12.5. The Morgan fingerprint density at radius 2 is 1.59 bits per heavy atom. The van der Waals surface area contributed by atoms with Crippen molar-refractivity contribution in [3.63, 3.8) is 0 Å². The molecule has 0 aliphatic carbocycles. The van der Waals surface area contributed by atoms with Crippen molar-refractivity contribution in [2.45, 2.75) is 13.5 Å². The number of fused-ring (bicyclic) bond motifs is 4. The van der Waals surface area contributed by atoms with Gasteiger partial charge in [-0.3, -0.25) is 4.79 Å². The Morgan fingerprint density at radius 1 is 0.889 bits per heavy atom. The number of aryl methyl sites for hydroxylation is 1. The van der Waals surface area contributed by atoms with Crippen LogP contribution in [0.3, 0.4) is 0 Å². The topological polar surface area (TPSA) is 55.4 Å². The molecule has 4 heteroatoms. The van der Waals surface area contributed by atoms with Gasteiger partial charge >= 0.3 is 0 Å². The first-order valence-electron chi connectivity index (χ1n) is 8.95. The minimum absolute atomic E-state index is 0.203. The van der Waals surface area contributed by atoms with E-state index in [9.17, 15) is 9.90 Å². The summed E-state index contributed by atoms with van der Waals surface area (Å²) < 4.78 is 8.15. The van der Waals surface area contributed by atoms with Gasteiger partial charge in [0.2, 0.25) is 11.2 Å². The van der Waals surface area contributed by atoms with E-state index in [1.54, 1.807) is 18.2 Å². The van der Waals surface area contributed by atoms with Gasteiger partial charge in [0.05, 0.1) is 5.39 Å². The van der Waals surface area contributed by atoms with E-state index >= 15 is 0 Å². The lowest BCUT2D eigenvalue weighted by atomic mass is 10.1. The van der Waals surface area contributed by atoms with Crippen LogP contribution in [0.15, 0.2) is 75.9 Å². The molecular formula is C23H17NO3. The summed E-state index contributed by atoms with van der Waals surface area (Å²) in [6, 6.07) is 21.1. The molecule has 0 radical (unpaired) electrons. The van der Waals surface area contributed by atoms with Crippen LogP contribution in [0.4, 0.5) is 0 Å². The zero-order valence-electron chi connectivity index (χ0n) is 14.8. The number of benzene rings is 3. The van der Waals surface area contributed by atoms with Gasteiger partial charge in [0, 0.05) is 33.9 Å². The highest BCUT2D eigenvalue weighted by atomic mass is 16.4. The van der Waals surface area contributed by atoms with Crippen LogP contribution in [0, 0.1) is 0 Å². The third-order valence-electron chi connectivity index (χ3n) is 5.12. The van der Waals surface area contributed by atoms with E-state index in [1.165, 1.54) is 0 Å². The molecule has 2 heterocycles. The molecule has 0 amide bonds. The van der Waals surface area contributed by atoms with Crippen molar-refractivity contribution in [1.29, 1.82) is 0 Å². The smallest absolute Gasteiger partial charge is 0.235 e. The Hall–Kier alpha value is -3.53. The first-order chi connectivity index (χ1) is 13.2. The summed E-state index contributed by atoms with van der Waals surface area (Å²) in [4.78, 5) is 12.5. The van der Waals surface area contributed by atoms with Gasteiger partial charge in [-0.25, -0.2) is 0 Å². The van der Waals surface area contributed by atoms with Crippen molar-refractivity contribution in [3.05, 3.63) is 77.0 Å². The lowest BCUT2D eigenvalue weighted by Crippen LogP contribution is -2.02. The maximum atomic E-state index is 12.5. The number of nitrogens with zero attached hydrogens (tertiary/aromatic N) is 1. The fourth-order valence-corrected chi connectivity index (χ4v) is 3.86. The Kier molecular flexibility index (Phi) is 3.34. The highest BCUT2D eigenvalue weighted by Crippen LogP contribution is 2.35. The fourth-order valence-electron chi connectivity index (χ4n) is 3.86. The van der Waals surface area contributed by atoms with Crippen LogP contribution in [-0.4, -0.2) is 9.67 Å². The molecule has 3 aromatic carbocycles. The average molecular weight is 355 g/mol. The fraction of sp³-hybridized carbons (Fsp3) is 0.0870. The van der Waals surface area contributed by atoms with Gasteiger partial charge in [0.1, 0.15) is 5.58 Å². The van der Waals surface area contributed by atoms with Gasteiger partial charge in [-0.2, -0.15) is 0 Å². The first kappa shape index (κ1) is 15.7. The largest absolute Gasteiger partial charge is 0.502 e. The summed E-state index contributed by atoms with van der Waals surface area (Å²) >= 11 is 0. The molecule has 27 heavy (non-hydrogen) atoms. The molecule has 0 saturated carbocycles. The third kappa shape index (κ3) is 2.20. The molecule has 0 bridgehead atoms. The van der Waals surface area contributed by atoms with Crippen molar-refractivity contribution in [3.8, 4) is 17.1 Å². The van der Waals surface area contributed by atoms with Crippen LogP contribution in [-0.2, 0) is 6.54 Å². The van der Waals surface area contributed by atoms with Crippen LogP contribution < -0.4 is 5.43 Å². The number of aromatic nitrogens is 1. The van der Waals surface area contributed by atoms with Crippen LogP contribution in [0.5, 0.6) is 5.75 Å². The normalized spacial score (nSPS) is 11.6. The summed E-state index contributed by atoms with van der Waals surface area (Å²) in [7, 11) is 0. The van der Waals surface area contributed by atoms with Crippen LogP contribution >= 0.6 is 0 Å². The molecule has 1 N–H and O–H groups in total. The molecule has 0 fully saturated rings. The number of rotatable bonds is 2. The van der Waals surface area contributed by atoms with Crippen molar-refractivity contribution in [1.82, 2.24) is 4.57 Å². The summed E-state index contributed by atoms with van der Waals surface area (Å²) in [5, 5.41) is 13.1. The third-order valence-corrected chi connectivity index (χ3v) is 5.12. The van der Waals surface area contributed by atoms with E-state index in [1.807, 2.05) is 36.4 Å². The molecular weight excluding hydrogens is 338 g/mol. The molecule has 0 aliphatic rings. The van der Waals surface area contributed by atoms with Gasteiger partial charge in [0.25, 0.3) is 0 Å². The molecule has 0 aliphatic heterocycles. The SMILES string of the molecule is CCn1c2ccccc2c2cc(-c3oc4ccccc4c(=O)c3O)ccc21. The molecule has 4 nitrogen and oxygen atoms in total. The zero-order chi connectivity index (χ0) is 18.5. The first-order valence-corrected chi connectivity index (χ1v) is 8.95. The van der Waals surface area contributed by atoms with Gasteiger partial charge in [-0.15, -0.1) is 0 Å². The van der Waals surface area contributed by atoms with Gasteiger partial charge in [-0.05, 0) is 43.3 Å². The maximum Gasteiger partial charge on any atom is 0.235 e. The van der Waals surface area contributed by atoms with Gasteiger partial charge in [-0.1, -0.05) is 30.3 Å². The Labute approximate surface area is 154 Å². The van der Waals surface area contributed by atoms with Gasteiger partial charge in [0.15, 0.2) is 5.76 Å².